The second-order valence-electron chi connectivity index (χ2n) is 3.88. The number of thiazole rings is 1. The van der Waals surface area contributed by atoms with Crippen LogP contribution in [0.25, 0.3) is 0 Å². The monoisotopic (exact) mass is 277 g/mol. The first-order valence-electron chi connectivity index (χ1n) is 5.96. The van der Waals surface area contributed by atoms with E-state index in [1.54, 1.807) is 23.5 Å². The van der Waals surface area contributed by atoms with Crippen LogP contribution in [0.4, 0.5) is 5.82 Å². The number of aryl methyl sites for hydroxylation is 1. The van der Waals surface area contributed by atoms with E-state index in [0.717, 1.165) is 5.01 Å². The van der Waals surface area contributed by atoms with E-state index in [4.69, 9.17) is 0 Å². The third kappa shape index (κ3) is 3.72. The molecule has 0 aliphatic rings. The molecular formula is C12H15N5OS. The van der Waals surface area contributed by atoms with Gasteiger partial charge in [-0.2, -0.15) is 0 Å². The molecule has 6 nitrogen and oxygen atoms in total. The van der Waals surface area contributed by atoms with E-state index in [2.05, 4.69) is 25.8 Å². The van der Waals surface area contributed by atoms with Gasteiger partial charge in [-0.15, -0.1) is 21.5 Å². The highest BCUT2D eigenvalue weighted by Gasteiger charge is 2.06. The highest BCUT2D eigenvalue weighted by molar-refractivity contribution is 7.11. The van der Waals surface area contributed by atoms with Gasteiger partial charge in [0.05, 0.1) is 6.54 Å². The van der Waals surface area contributed by atoms with E-state index >= 15 is 0 Å². The Bertz CT molecular complexity index is 552. The summed E-state index contributed by atoms with van der Waals surface area (Å²) in [5.41, 5.74) is 0.317. The van der Waals surface area contributed by atoms with Gasteiger partial charge in [-0.1, -0.05) is 0 Å². The Morgan fingerprint density at radius 3 is 2.79 bits per heavy atom. The zero-order chi connectivity index (χ0) is 13.7. The summed E-state index contributed by atoms with van der Waals surface area (Å²) in [5.74, 6) is 0.415. The molecule has 2 heterocycles. The maximum absolute atomic E-state index is 11.5. The van der Waals surface area contributed by atoms with Gasteiger partial charge in [-0.3, -0.25) is 4.79 Å². The zero-order valence-corrected chi connectivity index (χ0v) is 11.6. The molecule has 2 N–H and O–H groups in total. The van der Waals surface area contributed by atoms with Gasteiger partial charge in [0.25, 0.3) is 5.91 Å². The summed E-state index contributed by atoms with van der Waals surface area (Å²) >= 11 is 1.64. The first-order valence-corrected chi connectivity index (χ1v) is 6.78. The number of hydrogen-bond donors (Lipinski definition) is 2. The van der Waals surface area contributed by atoms with E-state index < -0.39 is 0 Å². The number of nitrogens with zero attached hydrogens (tertiary/aromatic N) is 3. The smallest absolute Gasteiger partial charge is 0.271 e. The SMILES string of the molecule is CCNC(=O)c1ccc(NCc2ncc(C)s2)nn1. The average Bonchev–Trinajstić information content (AvgIpc) is 2.83. The van der Waals surface area contributed by atoms with Crippen molar-refractivity contribution >= 4 is 23.1 Å². The van der Waals surface area contributed by atoms with Crippen LogP contribution >= 0.6 is 11.3 Å². The molecule has 0 atom stereocenters. The largest absolute Gasteiger partial charge is 0.362 e. The Morgan fingerprint density at radius 1 is 1.37 bits per heavy atom. The fraction of sp³-hybridized carbons (Fsp3) is 0.333. The highest BCUT2D eigenvalue weighted by atomic mass is 32.1. The number of aromatic nitrogens is 3. The van der Waals surface area contributed by atoms with Crippen molar-refractivity contribution < 1.29 is 4.79 Å². The summed E-state index contributed by atoms with van der Waals surface area (Å²) in [6.45, 7) is 5.05. The predicted octanol–water partition coefficient (Wildman–Crippen LogP) is 1.60. The van der Waals surface area contributed by atoms with Crippen molar-refractivity contribution in [3.63, 3.8) is 0 Å². The fourth-order valence-corrected chi connectivity index (χ4v) is 2.17. The average molecular weight is 277 g/mol. The summed E-state index contributed by atoms with van der Waals surface area (Å²) in [6, 6.07) is 3.38. The number of anilines is 1. The summed E-state index contributed by atoms with van der Waals surface area (Å²) in [6.07, 6.45) is 1.84. The van der Waals surface area contributed by atoms with Crippen molar-refractivity contribution in [3.8, 4) is 0 Å². The quantitative estimate of drug-likeness (QED) is 0.868. The van der Waals surface area contributed by atoms with Gasteiger partial charge in [-0.05, 0) is 26.0 Å². The molecule has 2 rings (SSSR count). The van der Waals surface area contributed by atoms with E-state index in [9.17, 15) is 4.79 Å². The zero-order valence-electron chi connectivity index (χ0n) is 10.8. The van der Waals surface area contributed by atoms with E-state index in [-0.39, 0.29) is 5.91 Å². The van der Waals surface area contributed by atoms with Gasteiger partial charge in [0, 0.05) is 17.6 Å². The number of carbonyl (C=O) groups excluding carboxylic acids is 1. The van der Waals surface area contributed by atoms with Crippen molar-refractivity contribution in [1.82, 2.24) is 20.5 Å². The molecule has 0 aromatic carbocycles. The van der Waals surface area contributed by atoms with Crippen LogP contribution in [0.2, 0.25) is 0 Å². The summed E-state index contributed by atoms with van der Waals surface area (Å²) in [7, 11) is 0. The van der Waals surface area contributed by atoms with E-state index in [1.807, 2.05) is 20.0 Å². The van der Waals surface area contributed by atoms with Gasteiger partial charge in [-0.25, -0.2) is 4.98 Å². The molecule has 0 saturated heterocycles. The lowest BCUT2D eigenvalue weighted by Crippen LogP contribution is -2.24. The normalized spacial score (nSPS) is 10.2. The van der Waals surface area contributed by atoms with Crippen LogP contribution in [0.5, 0.6) is 0 Å². The van der Waals surface area contributed by atoms with Gasteiger partial charge in [0.15, 0.2) is 5.69 Å². The van der Waals surface area contributed by atoms with Gasteiger partial charge in [0.1, 0.15) is 10.8 Å². The lowest BCUT2D eigenvalue weighted by atomic mass is 10.3. The molecule has 100 valence electrons. The summed E-state index contributed by atoms with van der Waals surface area (Å²) < 4.78 is 0. The highest BCUT2D eigenvalue weighted by Crippen LogP contribution is 2.12. The second kappa shape index (κ2) is 6.24. The van der Waals surface area contributed by atoms with Crippen molar-refractivity contribution in [3.05, 3.63) is 33.9 Å². The second-order valence-corrected chi connectivity index (χ2v) is 5.20. The molecule has 0 spiro atoms. The molecule has 0 saturated carbocycles. The van der Waals surface area contributed by atoms with Crippen LogP contribution in [0, 0.1) is 6.92 Å². The van der Waals surface area contributed by atoms with Crippen LogP contribution in [-0.2, 0) is 6.54 Å². The van der Waals surface area contributed by atoms with Gasteiger partial charge in [0.2, 0.25) is 0 Å². The Hall–Kier alpha value is -2.02. The molecule has 0 fully saturated rings. The fourth-order valence-electron chi connectivity index (χ4n) is 1.45. The summed E-state index contributed by atoms with van der Waals surface area (Å²) in [5, 5.41) is 14.6. The molecule has 0 unspecified atom stereocenters. The number of carbonyl (C=O) groups is 1. The number of amides is 1. The standard InChI is InChI=1S/C12H15N5OS/c1-3-13-12(18)9-4-5-10(17-16-9)14-7-11-15-6-8(2)19-11/h4-6H,3,7H2,1-2H3,(H,13,18)(H,14,17). The van der Waals surface area contributed by atoms with Gasteiger partial charge < -0.3 is 10.6 Å². The van der Waals surface area contributed by atoms with Gasteiger partial charge >= 0.3 is 0 Å². The topological polar surface area (TPSA) is 79.8 Å². The van der Waals surface area contributed by atoms with E-state index in [1.165, 1.54) is 4.88 Å². The molecular weight excluding hydrogens is 262 g/mol. The summed E-state index contributed by atoms with van der Waals surface area (Å²) in [4.78, 5) is 16.9. The molecule has 7 heteroatoms. The number of rotatable bonds is 5. The third-order valence-corrected chi connectivity index (χ3v) is 3.24. The first-order chi connectivity index (χ1) is 9.19. The van der Waals surface area contributed by atoms with Crippen molar-refractivity contribution in [2.75, 3.05) is 11.9 Å². The third-order valence-electron chi connectivity index (χ3n) is 2.32. The molecule has 0 aliphatic carbocycles. The van der Waals surface area contributed by atoms with Crippen LogP contribution in [0.1, 0.15) is 27.3 Å². The molecule has 1 amide bonds. The molecule has 2 aromatic heterocycles. The maximum atomic E-state index is 11.5. The van der Waals surface area contributed by atoms with Crippen LogP contribution in [0.3, 0.4) is 0 Å². The first kappa shape index (κ1) is 13.4. The van der Waals surface area contributed by atoms with Crippen LogP contribution in [-0.4, -0.2) is 27.6 Å². The van der Waals surface area contributed by atoms with Crippen molar-refractivity contribution in [2.24, 2.45) is 0 Å². The predicted molar refractivity (Wildman–Crippen MR) is 74.2 cm³/mol. The Labute approximate surface area is 115 Å². The Balaban J connectivity index is 1.93. The van der Waals surface area contributed by atoms with Crippen LogP contribution < -0.4 is 10.6 Å². The van der Waals surface area contributed by atoms with Crippen LogP contribution in [0.15, 0.2) is 18.3 Å². The lowest BCUT2D eigenvalue weighted by molar-refractivity contribution is 0.0950. The molecule has 0 bridgehead atoms. The number of hydrogen-bond acceptors (Lipinski definition) is 6. The molecule has 0 aliphatic heterocycles. The van der Waals surface area contributed by atoms with Crippen molar-refractivity contribution in [2.45, 2.75) is 20.4 Å². The minimum atomic E-state index is -0.211. The Morgan fingerprint density at radius 2 is 2.21 bits per heavy atom. The minimum Gasteiger partial charge on any atom is -0.362 e. The lowest BCUT2D eigenvalue weighted by Gasteiger charge is -2.04. The number of nitrogens with one attached hydrogen (secondary N) is 2. The maximum Gasteiger partial charge on any atom is 0.271 e. The van der Waals surface area contributed by atoms with Crippen molar-refractivity contribution in [1.29, 1.82) is 0 Å². The molecule has 0 radical (unpaired) electrons. The van der Waals surface area contributed by atoms with E-state index in [0.29, 0.717) is 24.6 Å². The Kier molecular flexibility index (Phi) is 4.40. The molecule has 19 heavy (non-hydrogen) atoms. The minimum absolute atomic E-state index is 0.211. The molecule has 2 aromatic rings.